The summed E-state index contributed by atoms with van der Waals surface area (Å²) in [5, 5.41) is 3.24. The highest BCUT2D eigenvalue weighted by Gasteiger charge is 2.34. The molecular weight excluding hydrogens is 440 g/mol. The van der Waals surface area contributed by atoms with E-state index in [2.05, 4.69) is 11.4 Å². The highest BCUT2D eigenvalue weighted by Crippen LogP contribution is 2.28. The van der Waals surface area contributed by atoms with Gasteiger partial charge in [0.05, 0.1) is 13.4 Å². The van der Waals surface area contributed by atoms with Crippen molar-refractivity contribution in [3.63, 3.8) is 0 Å². The predicted octanol–water partition coefficient (Wildman–Crippen LogP) is 5.47. The number of rotatable bonds is 9. The van der Waals surface area contributed by atoms with E-state index in [4.69, 9.17) is 9.15 Å². The third kappa shape index (κ3) is 6.32. The summed E-state index contributed by atoms with van der Waals surface area (Å²) in [5.41, 5.74) is 2.98. The van der Waals surface area contributed by atoms with Crippen LogP contribution in [0.25, 0.3) is 0 Å². The maximum absolute atomic E-state index is 13.8. The van der Waals surface area contributed by atoms with E-state index in [0.29, 0.717) is 24.3 Å². The molecule has 1 saturated carbocycles. The first-order valence-corrected chi connectivity index (χ1v) is 12.4. The number of ether oxygens (including phenoxy) is 1. The van der Waals surface area contributed by atoms with Crippen molar-refractivity contribution in [3.05, 3.63) is 89.4 Å². The van der Waals surface area contributed by atoms with Crippen LogP contribution < -0.4 is 10.1 Å². The van der Waals surface area contributed by atoms with Gasteiger partial charge in [0.15, 0.2) is 5.76 Å². The molecule has 0 aliphatic heterocycles. The number of benzene rings is 2. The number of aryl methyl sites for hydroxylation is 1. The molecule has 6 heteroatoms. The second kappa shape index (κ2) is 11.7. The van der Waals surface area contributed by atoms with E-state index in [0.717, 1.165) is 36.8 Å². The Morgan fingerprint density at radius 2 is 1.86 bits per heavy atom. The van der Waals surface area contributed by atoms with Gasteiger partial charge in [0.2, 0.25) is 5.91 Å². The van der Waals surface area contributed by atoms with Crippen molar-refractivity contribution in [1.82, 2.24) is 10.2 Å². The number of carbonyl (C=O) groups is 2. The van der Waals surface area contributed by atoms with Gasteiger partial charge < -0.3 is 19.4 Å². The van der Waals surface area contributed by atoms with Crippen molar-refractivity contribution >= 4 is 11.8 Å². The standard InChI is InChI=1S/C29H34N2O4/c1-21-9-6-10-22(19-21)16-17-31(29(33)26-15-8-18-35-26)27(23-11-7-14-25(20-23)34-2)28(32)30-24-12-4-3-5-13-24/h6-11,14-15,18-20,24,27H,3-5,12-13,16-17H2,1-2H3,(H,30,32). The summed E-state index contributed by atoms with van der Waals surface area (Å²) in [7, 11) is 1.60. The monoisotopic (exact) mass is 474 g/mol. The lowest BCUT2D eigenvalue weighted by molar-refractivity contribution is -0.126. The minimum absolute atomic E-state index is 0.127. The Labute approximate surface area is 207 Å². The van der Waals surface area contributed by atoms with Crippen molar-refractivity contribution in [2.45, 2.75) is 57.5 Å². The van der Waals surface area contributed by atoms with Crippen LogP contribution in [-0.4, -0.2) is 36.4 Å². The summed E-state index contributed by atoms with van der Waals surface area (Å²) in [6, 6.07) is 18.3. The topological polar surface area (TPSA) is 71.8 Å². The minimum Gasteiger partial charge on any atom is -0.497 e. The lowest BCUT2D eigenvalue weighted by atomic mass is 9.94. The molecule has 0 saturated heterocycles. The molecule has 1 fully saturated rings. The summed E-state index contributed by atoms with van der Waals surface area (Å²) in [6.07, 6.45) is 7.44. The van der Waals surface area contributed by atoms with Crippen LogP contribution >= 0.6 is 0 Å². The van der Waals surface area contributed by atoms with Gasteiger partial charge in [-0.25, -0.2) is 0 Å². The minimum atomic E-state index is -0.811. The van der Waals surface area contributed by atoms with Gasteiger partial charge in [-0.3, -0.25) is 9.59 Å². The van der Waals surface area contributed by atoms with Gasteiger partial charge in [-0.1, -0.05) is 61.2 Å². The van der Waals surface area contributed by atoms with Crippen LogP contribution in [0.3, 0.4) is 0 Å². The molecule has 4 rings (SSSR count). The summed E-state index contributed by atoms with van der Waals surface area (Å²) in [5.74, 6) is 0.373. The van der Waals surface area contributed by atoms with E-state index < -0.39 is 6.04 Å². The summed E-state index contributed by atoms with van der Waals surface area (Å²) in [4.78, 5) is 29.1. The Morgan fingerprint density at radius 1 is 1.06 bits per heavy atom. The Morgan fingerprint density at radius 3 is 2.57 bits per heavy atom. The zero-order chi connectivity index (χ0) is 24.6. The van der Waals surface area contributed by atoms with Gasteiger partial charge in [-0.2, -0.15) is 0 Å². The fourth-order valence-electron chi connectivity index (χ4n) is 4.82. The van der Waals surface area contributed by atoms with Crippen LogP contribution in [0.1, 0.15) is 65.4 Å². The van der Waals surface area contributed by atoms with Crippen LogP contribution in [0.5, 0.6) is 5.75 Å². The number of hydrogen-bond donors (Lipinski definition) is 1. The molecular formula is C29H34N2O4. The average Bonchev–Trinajstić information content (AvgIpc) is 3.42. The predicted molar refractivity (Wildman–Crippen MR) is 135 cm³/mol. The van der Waals surface area contributed by atoms with Gasteiger partial charge in [0.1, 0.15) is 11.8 Å². The van der Waals surface area contributed by atoms with Gasteiger partial charge in [-0.05, 0) is 61.6 Å². The largest absolute Gasteiger partial charge is 0.497 e. The van der Waals surface area contributed by atoms with Crippen molar-refractivity contribution in [1.29, 1.82) is 0 Å². The highest BCUT2D eigenvalue weighted by atomic mass is 16.5. The maximum Gasteiger partial charge on any atom is 0.290 e. The summed E-state index contributed by atoms with van der Waals surface area (Å²) < 4.78 is 10.9. The van der Waals surface area contributed by atoms with Gasteiger partial charge in [0, 0.05) is 12.6 Å². The van der Waals surface area contributed by atoms with E-state index >= 15 is 0 Å². The second-order valence-electron chi connectivity index (χ2n) is 9.24. The third-order valence-corrected chi connectivity index (χ3v) is 6.64. The lowest BCUT2D eigenvalue weighted by Crippen LogP contribution is -2.47. The molecule has 1 aliphatic rings. The van der Waals surface area contributed by atoms with Crippen molar-refractivity contribution in [3.8, 4) is 5.75 Å². The molecule has 1 atom stereocenters. The first-order valence-electron chi connectivity index (χ1n) is 12.4. The molecule has 2 amide bonds. The van der Waals surface area contributed by atoms with Crippen molar-refractivity contribution in [2.24, 2.45) is 0 Å². The quantitative estimate of drug-likeness (QED) is 0.446. The van der Waals surface area contributed by atoms with Gasteiger partial charge >= 0.3 is 0 Å². The zero-order valence-electron chi connectivity index (χ0n) is 20.5. The number of furan rings is 1. The van der Waals surface area contributed by atoms with Crippen molar-refractivity contribution < 1.29 is 18.7 Å². The summed E-state index contributed by atoms with van der Waals surface area (Å²) >= 11 is 0. The van der Waals surface area contributed by atoms with E-state index in [1.54, 1.807) is 24.1 Å². The van der Waals surface area contributed by atoms with E-state index in [-0.39, 0.29) is 23.6 Å². The molecule has 1 N–H and O–H groups in total. The third-order valence-electron chi connectivity index (χ3n) is 6.64. The number of hydrogen-bond acceptors (Lipinski definition) is 4. The molecule has 1 aliphatic carbocycles. The van der Waals surface area contributed by atoms with Crippen LogP contribution in [-0.2, 0) is 11.2 Å². The molecule has 184 valence electrons. The normalized spacial score (nSPS) is 14.8. The van der Waals surface area contributed by atoms with E-state index in [9.17, 15) is 9.59 Å². The number of amides is 2. The Balaban J connectivity index is 1.69. The number of carbonyl (C=O) groups excluding carboxylic acids is 2. The Hall–Kier alpha value is -3.54. The maximum atomic E-state index is 13.8. The van der Waals surface area contributed by atoms with Crippen LogP contribution in [0, 0.1) is 6.92 Å². The van der Waals surface area contributed by atoms with E-state index in [1.165, 1.54) is 12.7 Å². The smallest absolute Gasteiger partial charge is 0.290 e. The molecule has 3 aromatic rings. The van der Waals surface area contributed by atoms with Gasteiger partial charge in [0.25, 0.3) is 5.91 Å². The molecule has 1 aromatic heterocycles. The fourth-order valence-corrected chi connectivity index (χ4v) is 4.82. The first kappa shape index (κ1) is 24.6. The molecule has 2 aromatic carbocycles. The van der Waals surface area contributed by atoms with E-state index in [1.807, 2.05) is 49.4 Å². The van der Waals surface area contributed by atoms with Crippen LogP contribution in [0.2, 0.25) is 0 Å². The number of methoxy groups -OCH3 is 1. The lowest BCUT2D eigenvalue weighted by Gasteiger charge is -2.33. The first-order chi connectivity index (χ1) is 17.0. The molecule has 35 heavy (non-hydrogen) atoms. The van der Waals surface area contributed by atoms with Gasteiger partial charge in [-0.15, -0.1) is 0 Å². The average molecular weight is 475 g/mol. The fraction of sp³-hybridized carbons (Fsp3) is 0.379. The highest BCUT2D eigenvalue weighted by molar-refractivity contribution is 5.96. The molecule has 0 bridgehead atoms. The Kier molecular flexibility index (Phi) is 8.24. The molecule has 1 heterocycles. The SMILES string of the molecule is COc1cccc(C(C(=O)NC2CCCCC2)N(CCc2cccc(C)c2)C(=O)c2ccco2)c1. The van der Waals surface area contributed by atoms with Crippen molar-refractivity contribution in [2.75, 3.05) is 13.7 Å². The Bertz CT molecular complexity index is 1120. The second-order valence-corrected chi connectivity index (χ2v) is 9.24. The number of nitrogens with zero attached hydrogens (tertiary/aromatic N) is 1. The molecule has 6 nitrogen and oxygen atoms in total. The zero-order valence-corrected chi connectivity index (χ0v) is 20.5. The number of nitrogens with one attached hydrogen (secondary N) is 1. The molecule has 0 spiro atoms. The molecule has 0 radical (unpaired) electrons. The van der Waals surface area contributed by atoms with Crippen LogP contribution in [0.15, 0.2) is 71.3 Å². The summed E-state index contributed by atoms with van der Waals surface area (Å²) in [6.45, 7) is 2.41. The van der Waals surface area contributed by atoms with Crippen LogP contribution in [0.4, 0.5) is 0 Å². The molecule has 1 unspecified atom stereocenters.